The Labute approximate surface area is 170 Å². The lowest BCUT2D eigenvalue weighted by atomic mass is 10.2. The summed E-state index contributed by atoms with van der Waals surface area (Å²) in [6.45, 7) is 1.35. The summed E-state index contributed by atoms with van der Waals surface area (Å²) in [4.78, 5) is 31.8. The number of rotatable bonds is 8. The lowest BCUT2D eigenvalue weighted by Crippen LogP contribution is -2.27. The molecule has 0 radical (unpaired) electrons. The van der Waals surface area contributed by atoms with Crippen molar-refractivity contribution in [2.45, 2.75) is 25.4 Å². The van der Waals surface area contributed by atoms with Crippen LogP contribution in [0.25, 0.3) is 0 Å². The SMILES string of the molecule is O=C(O)c1ccc(Nc2ncc(C(F)(F)F)c(NCCCN3CCCC3=O)n2)cc1. The standard InChI is InChI=1S/C19H20F3N5O3/c20-19(21,22)14-11-24-18(25-13-6-4-12(5-7-13)17(29)30)26-16(14)23-8-2-10-27-9-1-3-15(27)28/h4-7,11H,1-3,8-10H2,(H,29,30)(H2,23,24,25,26). The summed E-state index contributed by atoms with van der Waals surface area (Å²) in [5.41, 5.74) is -0.488. The number of amides is 1. The van der Waals surface area contributed by atoms with Gasteiger partial charge < -0.3 is 20.6 Å². The number of halogens is 3. The van der Waals surface area contributed by atoms with Crippen molar-refractivity contribution in [1.29, 1.82) is 0 Å². The zero-order chi connectivity index (χ0) is 21.7. The van der Waals surface area contributed by atoms with Crippen LogP contribution in [0.5, 0.6) is 0 Å². The van der Waals surface area contributed by atoms with E-state index in [1.165, 1.54) is 24.3 Å². The molecule has 1 aromatic heterocycles. The van der Waals surface area contributed by atoms with E-state index < -0.39 is 17.7 Å². The molecule has 1 saturated heterocycles. The molecule has 0 spiro atoms. The van der Waals surface area contributed by atoms with Gasteiger partial charge in [0, 0.05) is 37.9 Å². The fraction of sp³-hybridized carbons (Fsp3) is 0.368. The van der Waals surface area contributed by atoms with Crippen molar-refractivity contribution >= 4 is 29.3 Å². The monoisotopic (exact) mass is 423 g/mol. The molecule has 0 aliphatic carbocycles. The van der Waals surface area contributed by atoms with Crippen molar-refractivity contribution in [3.05, 3.63) is 41.6 Å². The third kappa shape index (κ3) is 5.37. The van der Waals surface area contributed by atoms with Crippen molar-refractivity contribution in [2.24, 2.45) is 0 Å². The summed E-state index contributed by atoms with van der Waals surface area (Å²) in [6.07, 6.45) is -2.15. The number of carboxylic acids is 1. The normalized spacial score (nSPS) is 14.1. The van der Waals surface area contributed by atoms with Crippen molar-refractivity contribution < 1.29 is 27.9 Å². The van der Waals surface area contributed by atoms with Gasteiger partial charge in [0.05, 0.1) is 5.56 Å². The summed E-state index contributed by atoms with van der Waals surface area (Å²) in [5, 5.41) is 14.4. The van der Waals surface area contributed by atoms with Crippen LogP contribution >= 0.6 is 0 Å². The van der Waals surface area contributed by atoms with Gasteiger partial charge in [-0.1, -0.05) is 0 Å². The van der Waals surface area contributed by atoms with Crippen LogP contribution < -0.4 is 10.6 Å². The predicted octanol–water partition coefficient (Wildman–Crippen LogP) is 3.36. The molecule has 2 heterocycles. The quantitative estimate of drug-likeness (QED) is 0.559. The second kappa shape index (κ2) is 8.97. The maximum absolute atomic E-state index is 13.3. The lowest BCUT2D eigenvalue weighted by molar-refractivity contribution is -0.137. The van der Waals surface area contributed by atoms with E-state index in [4.69, 9.17) is 5.11 Å². The molecule has 1 aromatic carbocycles. The van der Waals surface area contributed by atoms with E-state index in [1.807, 2.05) is 0 Å². The molecule has 0 unspecified atom stereocenters. The number of carboxylic acid groups (broad SMARTS) is 1. The molecule has 8 nitrogen and oxygen atoms in total. The van der Waals surface area contributed by atoms with Crippen LogP contribution in [-0.4, -0.2) is 51.5 Å². The Morgan fingerprint density at radius 3 is 2.57 bits per heavy atom. The van der Waals surface area contributed by atoms with E-state index in [-0.39, 0.29) is 29.8 Å². The number of alkyl halides is 3. The largest absolute Gasteiger partial charge is 0.478 e. The minimum atomic E-state index is -4.63. The molecule has 2 aromatic rings. The predicted molar refractivity (Wildman–Crippen MR) is 103 cm³/mol. The van der Waals surface area contributed by atoms with Crippen molar-refractivity contribution in [3.63, 3.8) is 0 Å². The fourth-order valence-corrected chi connectivity index (χ4v) is 3.03. The molecule has 1 aliphatic heterocycles. The van der Waals surface area contributed by atoms with Gasteiger partial charge >= 0.3 is 12.1 Å². The van der Waals surface area contributed by atoms with Gasteiger partial charge in [-0.15, -0.1) is 0 Å². The van der Waals surface area contributed by atoms with Gasteiger partial charge in [-0.2, -0.15) is 18.2 Å². The van der Waals surface area contributed by atoms with E-state index in [1.54, 1.807) is 4.90 Å². The van der Waals surface area contributed by atoms with Gasteiger partial charge in [0.1, 0.15) is 11.4 Å². The first-order chi connectivity index (χ1) is 14.2. The van der Waals surface area contributed by atoms with Crippen molar-refractivity contribution in [2.75, 3.05) is 30.3 Å². The zero-order valence-corrected chi connectivity index (χ0v) is 15.9. The van der Waals surface area contributed by atoms with E-state index in [9.17, 15) is 22.8 Å². The van der Waals surface area contributed by atoms with E-state index in [0.29, 0.717) is 37.8 Å². The van der Waals surface area contributed by atoms with Gasteiger partial charge in [0.25, 0.3) is 0 Å². The molecule has 160 valence electrons. The number of nitrogens with zero attached hydrogens (tertiary/aromatic N) is 3. The first-order valence-corrected chi connectivity index (χ1v) is 9.30. The average molecular weight is 423 g/mol. The van der Waals surface area contributed by atoms with Crippen molar-refractivity contribution in [1.82, 2.24) is 14.9 Å². The third-order valence-corrected chi connectivity index (χ3v) is 4.55. The molecule has 11 heteroatoms. The van der Waals surface area contributed by atoms with Crippen LogP contribution in [0.3, 0.4) is 0 Å². The number of nitrogens with one attached hydrogen (secondary N) is 2. The molecular weight excluding hydrogens is 403 g/mol. The van der Waals surface area contributed by atoms with Crippen molar-refractivity contribution in [3.8, 4) is 0 Å². The van der Waals surface area contributed by atoms with Crippen LogP contribution in [0, 0.1) is 0 Å². The summed E-state index contributed by atoms with van der Waals surface area (Å²) in [6, 6.07) is 5.64. The van der Waals surface area contributed by atoms with Gasteiger partial charge in [-0.05, 0) is 37.1 Å². The molecular formula is C19H20F3N5O3. The van der Waals surface area contributed by atoms with Crippen LogP contribution in [0.2, 0.25) is 0 Å². The highest BCUT2D eigenvalue weighted by atomic mass is 19.4. The van der Waals surface area contributed by atoms with Gasteiger partial charge in [0.2, 0.25) is 11.9 Å². The maximum atomic E-state index is 13.3. The lowest BCUT2D eigenvalue weighted by Gasteiger charge is -2.17. The van der Waals surface area contributed by atoms with Crippen LogP contribution in [-0.2, 0) is 11.0 Å². The number of aromatic nitrogens is 2. The smallest absolute Gasteiger partial charge is 0.421 e. The second-order valence-electron chi connectivity index (χ2n) is 6.73. The summed E-state index contributed by atoms with van der Waals surface area (Å²) in [7, 11) is 0. The Kier molecular flexibility index (Phi) is 6.38. The molecule has 1 amide bonds. The molecule has 1 aliphatic rings. The number of carbonyl (C=O) groups is 2. The number of benzene rings is 1. The van der Waals surface area contributed by atoms with Crippen LogP contribution in [0.4, 0.5) is 30.6 Å². The van der Waals surface area contributed by atoms with E-state index >= 15 is 0 Å². The minimum Gasteiger partial charge on any atom is -0.478 e. The third-order valence-electron chi connectivity index (χ3n) is 4.55. The first-order valence-electron chi connectivity index (χ1n) is 9.30. The summed E-state index contributed by atoms with van der Waals surface area (Å²) >= 11 is 0. The number of aromatic carboxylic acids is 1. The van der Waals surface area contributed by atoms with Gasteiger partial charge in [-0.25, -0.2) is 9.78 Å². The fourth-order valence-electron chi connectivity index (χ4n) is 3.03. The molecule has 0 bridgehead atoms. The highest BCUT2D eigenvalue weighted by Gasteiger charge is 2.35. The number of hydrogen-bond donors (Lipinski definition) is 3. The van der Waals surface area contributed by atoms with Gasteiger partial charge in [0.15, 0.2) is 0 Å². The topological polar surface area (TPSA) is 107 Å². The molecule has 0 atom stereocenters. The number of anilines is 3. The van der Waals surface area contributed by atoms with Gasteiger partial charge in [-0.3, -0.25) is 4.79 Å². The highest BCUT2D eigenvalue weighted by molar-refractivity contribution is 5.88. The Balaban J connectivity index is 1.68. The first kappa shape index (κ1) is 21.3. The molecule has 1 fully saturated rings. The second-order valence-corrected chi connectivity index (χ2v) is 6.73. The number of hydrogen-bond acceptors (Lipinski definition) is 6. The number of carbonyl (C=O) groups excluding carboxylic acids is 1. The molecule has 30 heavy (non-hydrogen) atoms. The zero-order valence-electron chi connectivity index (χ0n) is 15.9. The molecule has 3 rings (SSSR count). The molecule has 0 saturated carbocycles. The van der Waals surface area contributed by atoms with E-state index in [0.717, 1.165) is 6.42 Å². The minimum absolute atomic E-state index is 0.0634. The summed E-state index contributed by atoms with van der Waals surface area (Å²) in [5.74, 6) is -1.46. The van der Waals surface area contributed by atoms with Crippen LogP contribution in [0.1, 0.15) is 35.2 Å². The average Bonchev–Trinajstić information content (AvgIpc) is 3.10. The van der Waals surface area contributed by atoms with E-state index in [2.05, 4.69) is 20.6 Å². The number of likely N-dealkylation sites (tertiary alicyclic amines) is 1. The Morgan fingerprint density at radius 1 is 1.23 bits per heavy atom. The summed E-state index contributed by atoms with van der Waals surface area (Å²) < 4.78 is 39.9. The highest BCUT2D eigenvalue weighted by Crippen LogP contribution is 2.34. The Hall–Kier alpha value is -3.37. The molecule has 3 N–H and O–H groups in total. The van der Waals surface area contributed by atoms with Crippen LogP contribution in [0.15, 0.2) is 30.5 Å². The Bertz CT molecular complexity index is 919. The maximum Gasteiger partial charge on any atom is 0.421 e. The Morgan fingerprint density at radius 2 is 1.97 bits per heavy atom.